The number of ether oxygens (including phenoxy) is 1. The number of carbonyl (C=O) groups excluding carboxylic acids is 1. The summed E-state index contributed by atoms with van der Waals surface area (Å²) in [6.07, 6.45) is 0.480. The third-order valence-electron chi connectivity index (χ3n) is 4.92. The molecule has 0 saturated carbocycles. The van der Waals surface area contributed by atoms with Gasteiger partial charge in [0.25, 0.3) is 11.9 Å². The van der Waals surface area contributed by atoms with E-state index in [-0.39, 0.29) is 29.4 Å². The molecule has 0 saturated heterocycles. The fraction of sp³-hybridized carbons (Fsp3) is 0.227. The number of pyridine rings is 1. The predicted molar refractivity (Wildman–Crippen MR) is 118 cm³/mol. The van der Waals surface area contributed by atoms with Crippen LogP contribution in [0.3, 0.4) is 0 Å². The molecule has 0 aromatic carbocycles. The van der Waals surface area contributed by atoms with E-state index in [0.29, 0.717) is 5.69 Å². The molecule has 4 rings (SSSR count). The molecule has 176 valence electrons. The standard InChI is InChI=1S/C22H19F3N6O2S/c1-13-9-27-21(29-18(13)17-6-4-8-34-17)31-16(12-33-2)15(11-28-31)20(32)30-19(22(23,24)25)14-5-3-7-26-10-14/h3-11,19H,12H2,1-2H3,(H,30,32)/t19-/m1/s1. The van der Waals surface area contributed by atoms with Crippen LogP contribution >= 0.6 is 11.3 Å². The van der Waals surface area contributed by atoms with Gasteiger partial charge in [-0.1, -0.05) is 12.1 Å². The highest BCUT2D eigenvalue weighted by Crippen LogP contribution is 2.33. The molecule has 0 fully saturated rings. The maximum atomic E-state index is 13.7. The molecule has 4 heterocycles. The lowest BCUT2D eigenvalue weighted by molar-refractivity contribution is -0.155. The minimum Gasteiger partial charge on any atom is -0.378 e. The lowest BCUT2D eigenvalue weighted by Gasteiger charge is -2.21. The highest BCUT2D eigenvalue weighted by Gasteiger charge is 2.42. The Hall–Kier alpha value is -3.64. The van der Waals surface area contributed by atoms with Gasteiger partial charge < -0.3 is 10.1 Å². The van der Waals surface area contributed by atoms with Crippen LogP contribution in [0.4, 0.5) is 13.2 Å². The van der Waals surface area contributed by atoms with Crippen LogP contribution in [0.1, 0.15) is 33.2 Å². The Bertz CT molecular complexity index is 1280. The average Bonchev–Trinajstić information content (AvgIpc) is 3.48. The minimum atomic E-state index is -4.73. The summed E-state index contributed by atoms with van der Waals surface area (Å²) >= 11 is 1.51. The third kappa shape index (κ3) is 4.82. The smallest absolute Gasteiger partial charge is 0.378 e. The number of hydrogen-bond donors (Lipinski definition) is 1. The second kappa shape index (κ2) is 9.69. The van der Waals surface area contributed by atoms with E-state index in [1.807, 2.05) is 29.8 Å². The van der Waals surface area contributed by atoms with Crippen molar-refractivity contribution >= 4 is 17.2 Å². The predicted octanol–water partition coefficient (Wildman–Crippen LogP) is 4.27. The van der Waals surface area contributed by atoms with Crippen molar-refractivity contribution in [3.63, 3.8) is 0 Å². The molecule has 12 heteroatoms. The van der Waals surface area contributed by atoms with E-state index in [2.05, 4.69) is 20.1 Å². The van der Waals surface area contributed by atoms with E-state index in [9.17, 15) is 18.0 Å². The molecule has 0 radical (unpaired) electrons. The first-order valence-corrected chi connectivity index (χ1v) is 10.9. The fourth-order valence-corrected chi connectivity index (χ4v) is 4.10. The summed E-state index contributed by atoms with van der Waals surface area (Å²) < 4.78 is 47.6. The maximum Gasteiger partial charge on any atom is 0.412 e. The molecular weight excluding hydrogens is 469 g/mol. The minimum absolute atomic E-state index is 0.0816. The fourth-order valence-electron chi connectivity index (χ4n) is 3.32. The molecule has 1 atom stereocenters. The first-order valence-electron chi connectivity index (χ1n) is 10.0. The second-order valence-corrected chi connectivity index (χ2v) is 8.21. The van der Waals surface area contributed by atoms with Crippen LogP contribution in [-0.4, -0.2) is 43.9 Å². The van der Waals surface area contributed by atoms with E-state index in [1.54, 1.807) is 6.20 Å². The Kier molecular flexibility index (Phi) is 6.70. The van der Waals surface area contributed by atoms with Crippen molar-refractivity contribution in [2.45, 2.75) is 25.7 Å². The molecule has 0 aliphatic carbocycles. The molecule has 0 aliphatic heterocycles. The molecule has 4 aromatic rings. The average molecular weight is 488 g/mol. The summed E-state index contributed by atoms with van der Waals surface area (Å²) in [7, 11) is 1.40. The molecular formula is C22H19F3N6O2S. The van der Waals surface area contributed by atoms with Crippen LogP contribution in [0.25, 0.3) is 16.5 Å². The molecule has 0 bridgehead atoms. The topological polar surface area (TPSA) is 94.8 Å². The molecule has 1 amide bonds. The van der Waals surface area contributed by atoms with Crippen molar-refractivity contribution in [2.75, 3.05) is 7.11 Å². The zero-order chi connectivity index (χ0) is 24.3. The highest BCUT2D eigenvalue weighted by molar-refractivity contribution is 7.13. The Balaban J connectivity index is 1.70. The van der Waals surface area contributed by atoms with Crippen molar-refractivity contribution < 1.29 is 22.7 Å². The normalized spacial score (nSPS) is 12.5. The maximum absolute atomic E-state index is 13.7. The van der Waals surface area contributed by atoms with Crippen LogP contribution in [0, 0.1) is 6.92 Å². The van der Waals surface area contributed by atoms with Crippen LogP contribution < -0.4 is 5.32 Å². The number of halogens is 3. The van der Waals surface area contributed by atoms with Gasteiger partial charge >= 0.3 is 6.18 Å². The molecule has 34 heavy (non-hydrogen) atoms. The van der Waals surface area contributed by atoms with Gasteiger partial charge in [-0.05, 0) is 30.0 Å². The largest absolute Gasteiger partial charge is 0.412 e. The van der Waals surface area contributed by atoms with Gasteiger partial charge in [-0.25, -0.2) is 9.97 Å². The molecule has 0 unspecified atom stereocenters. The summed E-state index contributed by atoms with van der Waals surface area (Å²) in [4.78, 5) is 26.5. The molecule has 8 nitrogen and oxygen atoms in total. The number of alkyl halides is 3. The highest BCUT2D eigenvalue weighted by atomic mass is 32.1. The Morgan fingerprint density at radius 1 is 1.24 bits per heavy atom. The van der Waals surface area contributed by atoms with Gasteiger partial charge in [-0.2, -0.15) is 23.0 Å². The lowest BCUT2D eigenvalue weighted by atomic mass is 10.1. The van der Waals surface area contributed by atoms with Gasteiger partial charge in [0.2, 0.25) is 0 Å². The van der Waals surface area contributed by atoms with Crippen LogP contribution in [0.5, 0.6) is 0 Å². The number of hydrogen-bond acceptors (Lipinski definition) is 7. The van der Waals surface area contributed by atoms with Gasteiger partial charge in [-0.3, -0.25) is 9.78 Å². The van der Waals surface area contributed by atoms with Gasteiger partial charge in [0.15, 0.2) is 6.04 Å². The molecule has 4 aromatic heterocycles. The number of rotatable bonds is 7. The first kappa shape index (κ1) is 23.5. The number of carbonyl (C=O) groups is 1. The third-order valence-corrected chi connectivity index (χ3v) is 5.79. The Labute approximate surface area is 196 Å². The summed E-state index contributed by atoms with van der Waals surface area (Å²) in [5, 5.41) is 8.14. The summed E-state index contributed by atoms with van der Waals surface area (Å²) in [6.45, 7) is 1.77. The van der Waals surface area contributed by atoms with Crippen molar-refractivity contribution in [1.29, 1.82) is 0 Å². The van der Waals surface area contributed by atoms with Crippen LogP contribution in [-0.2, 0) is 11.3 Å². The van der Waals surface area contributed by atoms with Gasteiger partial charge in [0, 0.05) is 31.3 Å². The van der Waals surface area contributed by atoms with Crippen LogP contribution in [0.15, 0.2) is 54.4 Å². The monoisotopic (exact) mass is 488 g/mol. The van der Waals surface area contributed by atoms with E-state index in [0.717, 1.165) is 16.6 Å². The van der Waals surface area contributed by atoms with E-state index >= 15 is 0 Å². The Morgan fingerprint density at radius 2 is 2.06 bits per heavy atom. The summed E-state index contributed by atoms with van der Waals surface area (Å²) in [6, 6.07) is 4.18. The first-order chi connectivity index (χ1) is 16.3. The number of methoxy groups -OCH3 is 1. The van der Waals surface area contributed by atoms with Crippen molar-refractivity contribution in [2.24, 2.45) is 0 Å². The second-order valence-electron chi connectivity index (χ2n) is 7.26. The summed E-state index contributed by atoms with van der Waals surface area (Å²) in [5.41, 5.74) is 1.48. The zero-order valence-corrected chi connectivity index (χ0v) is 18.9. The quantitative estimate of drug-likeness (QED) is 0.418. The summed E-state index contributed by atoms with van der Waals surface area (Å²) in [5.74, 6) is -0.796. The van der Waals surface area contributed by atoms with Gasteiger partial charge in [-0.15, -0.1) is 11.3 Å². The van der Waals surface area contributed by atoms with Crippen LogP contribution in [0.2, 0.25) is 0 Å². The lowest BCUT2D eigenvalue weighted by Crippen LogP contribution is -2.38. The zero-order valence-electron chi connectivity index (χ0n) is 18.1. The van der Waals surface area contributed by atoms with Gasteiger partial charge in [0.1, 0.15) is 0 Å². The Morgan fingerprint density at radius 3 is 2.71 bits per heavy atom. The number of amides is 1. The number of nitrogens with zero attached hydrogens (tertiary/aromatic N) is 5. The molecule has 1 N–H and O–H groups in total. The van der Waals surface area contributed by atoms with E-state index in [4.69, 9.17) is 4.74 Å². The molecule has 0 aliphatic rings. The van der Waals surface area contributed by atoms with Crippen molar-refractivity contribution in [3.8, 4) is 16.5 Å². The number of thiophene rings is 1. The van der Waals surface area contributed by atoms with Crippen molar-refractivity contribution in [1.82, 2.24) is 30.0 Å². The SMILES string of the molecule is COCc1c(C(=O)N[C@H](c2cccnc2)C(F)(F)F)cnn1-c1ncc(C)c(-c2cccs2)n1. The van der Waals surface area contributed by atoms with Gasteiger partial charge in [0.05, 0.1) is 34.6 Å². The van der Waals surface area contributed by atoms with E-state index < -0.39 is 18.1 Å². The van der Waals surface area contributed by atoms with E-state index in [1.165, 1.54) is 47.7 Å². The molecule has 0 spiro atoms. The number of nitrogens with one attached hydrogen (secondary N) is 1. The number of aromatic nitrogens is 5. The van der Waals surface area contributed by atoms with Crippen molar-refractivity contribution in [3.05, 3.63) is 76.8 Å². The number of aryl methyl sites for hydroxylation is 1.